The van der Waals surface area contributed by atoms with Crippen LogP contribution in [0.1, 0.15) is 57.7 Å². The maximum atomic E-state index is 17.3. The minimum Gasteiger partial charge on any atom is -0.461 e. The Labute approximate surface area is 317 Å². The molecule has 2 saturated heterocycles. The van der Waals surface area contributed by atoms with Gasteiger partial charge in [-0.1, -0.05) is 17.7 Å². The van der Waals surface area contributed by atoms with E-state index in [0.717, 1.165) is 42.5 Å². The van der Waals surface area contributed by atoms with E-state index in [1.54, 1.807) is 32.9 Å². The van der Waals surface area contributed by atoms with Crippen molar-refractivity contribution in [3.8, 4) is 23.2 Å². The number of hydrogen-bond donors (Lipinski definition) is 2. The lowest BCUT2D eigenvalue weighted by Crippen LogP contribution is -2.43. The third-order valence-electron chi connectivity index (χ3n) is 10.2. The van der Waals surface area contributed by atoms with Crippen LogP contribution in [-0.2, 0) is 17.8 Å². The zero-order valence-corrected chi connectivity index (χ0v) is 31.4. The standard InChI is InChI=1S/C37H37ClF3N9O3S/c1-36(2,3)53-35(51)46-33-23(15-42)27-21(6-7-25(40)31(27)54-33)28-24(38)13-22-30(29(28)41)44-34(52-18-37-8-4-10-49(37)16-19(39)14-37)45-32(22)48-9-5-11-50-20(17-48)12-26(43)47-50/h6-7,12-13,19H,4-5,8-11,14,16-18H2,1-3H3,(H2,43,47)(H,46,51)/t19-,37+/m1/s1. The number of hydrogen-bond acceptors (Lipinski definition) is 11. The minimum absolute atomic E-state index is 0.0154. The van der Waals surface area contributed by atoms with Gasteiger partial charge in [-0.2, -0.15) is 20.3 Å². The number of nitrogens with one attached hydrogen (secondary N) is 1. The molecule has 0 bridgehead atoms. The Morgan fingerprint density at radius 3 is 2.80 bits per heavy atom. The average molecular weight is 780 g/mol. The van der Waals surface area contributed by atoms with Gasteiger partial charge in [0.2, 0.25) is 0 Å². The first-order valence-electron chi connectivity index (χ1n) is 17.7. The number of anilines is 3. The molecule has 8 rings (SSSR count). The van der Waals surface area contributed by atoms with Crippen molar-refractivity contribution >= 4 is 66.7 Å². The number of nitrogens with zero attached hydrogens (tertiary/aromatic N) is 7. The molecule has 3 N–H and O–H groups in total. The molecule has 2 aromatic carbocycles. The molecule has 0 radical (unpaired) electrons. The van der Waals surface area contributed by atoms with E-state index in [4.69, 9.17) is 31.8 Å². The minimum atomic E-state index is -0.971. The molecule has 3 aliphatic heterocycles. The number of benzene rings is 2. The topological polar surface area (TPSA) is 147 Å². The summed E-state index contributed by atoms with van der Waals surface area (Å²) in [7, 11) is 0. The lowest BCUT2D eigenvalue weighted by Gasteiger charge is -2.31. The lowest BCUT2D eigenvalue weighted by molar-refractivity contribution is 0.0636. The highest BCUT2D eigenvalue weighted by Crippen LogP contribution is 2.47. The van der Waals surface area contributed by atoms with Crippen molar-refractivity contribution in [1.29, 1.82) is 5.26 Å². The Balaban J connectivity index is 1.27. The van der Waals surface area contributed by atoms with E-state index in [0.29, 0.717) is 56.0 Å². The van der Waals surface area contributed by atoms with Crippen LogP contribution in [0.3, 0.4) is 0 Å². The number of nitrogen functional groups attached to an aromatic ring is 1. The van der Waals surface area contributed by atoms with Gasteiger partial charge in [-0.25, -0.2) is 18.0 Å². The van der Waals surface area contributed by atoms with Gasteiger partial charge in [0.05, 0.1) is 33.1 Å². The van der Waals surface area contributed by atoms with E-state index in [1.165, 1.54) is 6.07 Å². The monoisotopic (exact) mass is 779 g/mol. The third kappa shape index (κ3) is 6.41. The van der Waals surface area contributed by atoms with E-state index in [9.17, 15) is 14.4 Å². The van der Waals surface area contributed by atoms with Gasteiger partial charge in [-0.15, -0.1) is 11.3 Å². The number of thiophene rings is 1. The van der Waals surface area contributed by atoms with Crippen molar-refractivity contribution in [3.63, 3.8) is 0 Å². The highest BCUT2D eigenvalue weighted by Gasteiger charge is 2.49. The summed E-state index contributed by atoms with van der Waals surface area (Å²) in [6, 6.07) is 7.80. The molecular formula is C37H37ClF3N9O3S. The number of nitriles is 1. The largest absolute Gasteiger partial charge is 0.461 e. The zero-order chi connectivity index (χ0) is 38.1. The van der Waals surface area contributed by atoms with E-state index in [2.05, 4.69) is 26.4 Å². The van der Waals surface area contributed by atoms with E-state index in [-0.39, 0.29) is 54.9 Å². The Morgan fingerprint density at radius 1 is 1.20 bits per heavy atom. The van der Waals surface area contributed by atoms with E-state index >= 15 is 8.78 Å². The van der Waals surface area contributed by atoms with E-state index < -0.39 is 35.0 Å². The fourth-order valence-electron chi connectivity index (χ4n) is 8.00. The van der Waals surface area contributed by atoms with Crippen LogP contribution in [0.15, 0.2) is 24.3 Å². The van der Waals surface area contributed by atoms with Crippen LogP contribution in [0.5, 0.6) is 6.01 Å². The first-order chi connectivity index (χ1) is 25.7. The van der Waals surface area contributed by atoms with Crippen molar-refractivity contribution in [2.24, 2.45) is 0 Å². The highest BCUT2D eigenvalue weighted by molar-refractivity contribution is 7.23. The number of fused-ring (bicyclic) bond motifs is 4. The zero-order valence-electron chi connectivity index (χ0n) is 29.8. The maximum Gasteiger partial charge on any atom is 0.412 e. The number of ether oxygens (including phenoxy) is 2. The molecule has 54 heavy (non-hydrogen) atoms. The summed E-state index contributed by atoms with van der Waals surface area (Å²) in [4.78, 5) is 26.2. The van der Waals surface area contributed by atoms with Gasteiger partial charge >= 0.3 is 12.1 Å². The molecule has 2 fully saturated rings. The molecule has 2 atom stereocenters. The summed E-state index contributed by atoms with van der Waals surface area (Å²) in [5.74, 6) is -0.767. The Bertz CT molecular complexity index is 2370. The molecule has 17 heteroatoms. The number of aromatic nitrogens is 4. The summed E-state index contributed by atoms with van der Waals surface area (Å²) < 4.78 is 60.9. The first kappa shape index (κ1) is 36.1. The molecule has 0 spiro atoms. The summed E-state index contributed by atoms with van der Waals surface area (Å²) in [5.41, 5.74) is 5.33. The van der Waals surface area contributed by atoms with Crippen molar-refractivity contribution in [3.05, 3.63) is 52.2 Å². The highest BCUT2D eigenvalue weighted by atomic mass is 35.5. The van der Waals surface area contributed by atoms with Gasteiger partial charge in [-0.05, 0) is 64.3 Å². The smallest absolute Gasteiger partial charge is 0.412 e. The molecule has 3 aliphatic rings. The second kappa shape index (κ2) is 13.5. The van der Waals surface area contributed by atoms with Crippen LogP contribution >= 0.6 is 22.9 Å². The Hall–Kier alpha value is -4.85. The van der Waals surface area contributed by atoms with Crippen molar-refractivity contribution < 1.29 is 27.4 Å². The molecule has 12 nitrogen and oxygen atoms in total. The average Bonchev–Trinajstić information content (AvgIpc) is 3.81. The number of carbonyl (C=O) groups is 1. The number of aryl methyl sites for hydroxylation is 1. The summed E-state index contributed by atoms with van der Waals surface area (Å²) in [6.07, 6.45) is 0.872. The molecule has 0 unspecified atom stereocenters. The molecular weight excluding hydrogens is 743 g/mol. The number of rotatable bonds is 6. The molecule has 3 aromatic heterocycles. The van der Waals surface area contributed by atoms with Gasteiger partial charge in [0.1, 0.15) is 52.4 Å². The van der Waals surface area contributed by atoms with Crippen molar-refractivity contribution in [2.75, 3.05) is 42.2 Å². The van der Waals surface area contributed by atoms with Gasteiger partial charge in [0, 0.05) is 48.5 Å². The predicted octanol–water partition coefficient (Wildman–Crippen LogP) is 7.81. The van der Waals surface area contributed by atoms with Gasteiger partial charge in [0.15, 0.2) is 5.82 Å². The van der Waals surface area contributed by atoms with E-state index in [1.807, 2.05) is 9.58 Å². The first-order valence-corrected chi connectivity index (χ1v) is 18.9. The number of halogens is 4. The molecule has 5 aromatic rings. The number of carbonyl (C=O) groups excluding carboxylic acids is 1. The lowest BCUT2D eigenvalue weighted by atomic mass is 9.95. The second-order valence-electron chi connectivity index (χ2n) is 15.0. The van der Waals surface area contributed by atoms with Crippen LogP contribution in [-0.4, -0.2) is 74.3 Å². The Morgan fingerprint density at radius 2 is 2.02 bits per heavy atom. The van der Waals surface area contributed by atoms with Crippen LogP contribution in [0.2, 0.25) is 5.02 Å². The molecule has 0 aliphatic carbocycles. The predicted molar refractivity (Wildman–Crippen MR) is 201 cm³/mol. The Kier molecular flexibility index (Phi) is 9.01. The van der Waals surface area contributed by atoms with Crippen molar-refractivity contribution in [1.82, 2.24) is 24.6 Å². The van der Waals surface area contributed by atoms with Gasteiger partial charge in [-0.3, -0.25) is 14.9 Å². The fraction of sp³-hybridized carbons (Fsp3) is 0.432. The quantitative estimate of drug-likeness (QED) is 0.175. The number of amides is 1. The van der Waals surface area contributed by atoms with Gasteiger partial charge < -0.3 is 20.1 Å². The number of alkyl halides is 1. The van der Waals surface area contributed by atoms with Crippen LogP contribution in [0, 0.1) is 23.0 Å². The number of nitrogens with two attached hydrogens (primary N) is 1. The molecule has 1 amide bonds. The van der Waals surface area contributed by atoms with Crippen molar-refractivity contribution in [2.45, 2.75) is 76.9 Å². The normalized spacial score (nSPS) is 20.2. The molecule has 0 saturated carbocycles. The molecule has 282 valence electrons. The third-order valence-corrected chi connectivity index (χ3v) is 11.6. The summed E-state index contributed by atoms with van der Waals surface area (Å²) in [6.45, 7) is 7.78. The molecule has 6 heterocycles. The maximum absolute atomic E-state index is 17.3. The van der Waals surface area contributed by atoms with Crippen LogP contribution in [0.4, 0.5) is 34.6 Å². The second-order valence-corrected chi connectivity index (χ2v) is 16.5. The summed E-state index contributed by atoms with van der Waals surface area (Å²) in [5, 5.41) is 17.6. The summed E-state index contributed by atoms with van der Waals surface area (Å²) >= 11 is 7.78. The SMILES string of the molecule is CC(C)(C)OC(=O)Nc1sc2c(F)ccc(-c3c(Cl)cc4c(N5CCCn6nc(N)cc6C5)nc(OC[C@@]56CCCN5C[C@H](F)C6)nc4c3F)c2c1C#N. The van der Waals surface area contributed by atoms with Crippen LogP contribution < -0.4 is 20.7 Å². The van der Waals surface area contributed by atoms with Gasteiger partial charge in [0.25, 0.3) is 0 Å². The van der Waals surface area contributed by atoms with Crippen LogP contribution in [0.25, 0.3) is 32.1 Å². The fourth-order valence-corrected chi connectivity index (χ4v) is 9.36.